The molecule has 1 fully saturated rings. The van der Waals surface area contributed by atoms with Crippen LogP contribution in [0.15, 0.2) is 0 Å². The van der Waals surface area contributed by atoms with Gasteiger partial charge in [0.2, 0.25) is 0 Å². The number of piperazine rings is 1. The minimum atomic E-state index is -0.183. The van der Waals surface area contributed by atoms with Gasteiger partial charge in [0.15, 0.2) is 0 Å². The van der Waals surface area contributed by atoms with Crippen molar-refractivity contribution in [3.8, 4) is 0 Å². The summed E-state index contributed by atoms with van der Waals surface area (Å²) in [4.78, 5) is 13.0. The molecule has 0 radical (unpaired) electrons. The second-order valence-corrected chi connectivity index (χ2v) is 4.13. The lowest BCUT2D eigenvalue weighted by Gasteiger charge is -2.32. The van der Waals surface area contributed by atoms with Crippen LogP contribution in [0.25, 0.3) is 0 Å². The Kier molecular flexibility index (Phi) is 3.23. The van der Waals surface area contributed by atoms with Crippen LogP contribution in [-0.2, 0) is 4.79 Å². The number of hydrogen-bond donors (Lipinski definition) is 1. The van der Waals surface area contributed by atoms with Gasteiger partial charge in [-0.2, -0.15) is 0 Å². The Bertz CT molecular complexity index is 151. The summed E-state index contributed by atoms with van der Waals surface area (Å²) in [5, 5.41) is 3.29. The second-order valence-electron chi connectivity index (χ2n) is 4.13. The molecule has 12 heavy (non-hydrogen) atoms. The summed E-state index contributed by atoms with van der Waals surface area (Å²) in [6, 6.07) is 0. The van der Waals surface area contributed by atoms with Gasteiger partial charge >= 0.3 is 0 Å². The molecule has 3 heteroatoms. The Morgan fingerprint density at radius 1 is 1.42 bits per heavy atom. The second kappa shape index (κ2) is 4.01. The van der Waals surface area contributed by atoms with Crippen molar-refractivity contribution in [1.29, 1.82) is 0 Å². The molecule has 0 amide bonds. The fourth-order valence-corrected chi connectivity index (χ4v) is 1.48. The molecule has 0 saturated carbocycles. The molecule has 1 aliphatic heterocycles. The van der Waals surface area contributed by atoms with Crippen LogP contribution in [0.1, 0.15) is 13.8 Å². The third-order valence-electron chi connectivity index (χ3n) is 2.16. The van der Waals surface area contributed by atoms with Gasteiger partial charge < -0.3 is 10.1 Å². The Labute approximate surface area is 74.1 Å². The van der Waals surface area contributed by atoms with E-state index in [0.717, 1.165) is 39.0 Å². The van der Waals surface area contributed by atoms with Crippen molar-refractivity contribution in [3.05, 3.63) is 0 Å². The van der Waals surface area contributed by atoms with Crippen LogP contribution in [0, 0.1) is 5.41 Å². The first kappa shape index (κ1) is 9.68. The van der Waals surface area contributed by atoms with Crippen LogP contribution < -0.4 is 5.32 Å². The largest absolute Gasteiger partial charge is 0.314 e. The van der Waals surface area contributed by atoms with Crippen molar-refractivity contribution in [3.63, 3.8) is 0 Å². The molecular weight excluding hydrogens is 152 g/mol. The third-order valence-corrected chi connectivity index (χ3v) is 2.16. The third kappa shape index (κ3) is 2.91. The lowest BCUT2D eigenvalue weighted by atomic mass is 9.95. The van der Waals surface area contributed by atoms with Crippen LogP contribution in [0.2, 0.25) is 0 Å². The monoisotopic (exact) mass is 170 g/mol. The minimum Gasteiger partial charge on any atom is -0.314 e. The predicted molar refractivity (Wildman–Crippen MR) is 49.2 cm³/mol. The quantitative estimate of drug-likeness (QED) is 0.610. The first-order valence-electron chi connectivity index (χ1n) is 4.53. The molecule has 1 heterocycles. The van der Waals surface area contributed by atoms with Crippen LogP contribution in [0.4, 0.5) is 0 Å². The van der Waals surface area contributed by atoms with Gasteiger partial charge in [-0.25, -0.2) is 0 Å². The Hall–Kier alpha value is -0.410. The highest BCUT2D eigenvalue weighted by atomic mass is 16.1. The molecule has 0 aromatic heterocycles. The average molecular weight is 170 g/mol. The molecule has 70 valence electrons. The molecule has 0 bridgehead atoms. The number of hydrogen-bond acceptors (Lipinski definition) is 3. The van der Waals surface area contributed by atoms with Gasteiger partial charge in [-0.05, 0) is 0 Å². The number of nitrogens with one attached hydrogen (secondary N) is 1. The van der Waals surface area contributed by atoms with Crippen molar-refractivity contribution in [2.75, 3.05) is 32.7 Å². The maximum atomic E-state index is 10.7. The fraction of sp³-hybridized carbons (Fsp3) is 0.889. The van der Waals surface area contributed by atoms with Crippen LogP contribution in [0.3, 0.4) is 0 Å². The molecule has 1 saturated heterocycles. The molecule has 0 atom stereocenters. The maximum Gasteiger partial charge on any atom is 0.126 e. The molecule has 3 nitrogen and oxygen atoms in total. The highest BCUT2D eigenvalue weighted by Gasteiger charge is 2.21. The van der Waals surface area contributed by atoms with Gasteiger partial charge in [0.05, 0.1) is 0 Å². The van der Waals surface area contributed by atoms with E-state index in [4.69, 9.17) is 0 Å². The summed E-state index contributed by atoms with van der Waals surface area (Å²) in [5.74, 6) is 0. The molecular formula is C9H18N2O. The molecule has 1 rings (SSSR count). The van der Waals surface area contributed by atoms with Gasteiger partial charge in [-0.1, -0.05) is 13.8 Å². The first-order valence-corrected chi connectivity index (χ1v) is 4.53. The van der Waals surface area contributed by atoms with E-state index in [1.807, 2.05) is 13.8 Å². The topological polar surface area (TPSA) is 32.3 Å². The maximum absolute atomic E-state index is 10.7. The van der Waals surface area contributed by atoms with E-state index in [-0.39, 0.29) is 5.41 Å². The average Bonchev–Trinajstić information content (AvgIpc) is 2.06. The van der Waals surface area contributed by atoms with Gasteiger partial charge in [0.25, 0.3) is 0 Å². The van der Waals surface area contributed by atoms with Crippen molar-refractivity contribution in [2.24, 2.45) is 5.41 Å². The number of aldehydes is 1. The smallest absolute Gasteiger partial charge is 0.126 e. The summed E-state index contributed by atoms with van der Waals surface area (Å²) >= 11 is 0. The number of carbonyl (C=O) groups excluding carboxylic acids is 1. The zero-order chi connectivity index (χ0) is 9.03. The van der Waals surface area contributed by atoms with E-state index in [9.17, 15) is 4.79 Å². The number of nitrogens with zero attached hydrogens (tertiary/aromatic N) is 1. The fourth-order valence-electron chi connectivity index (χ4n) is 1.48. The van der Waals surface area contributed by atoms with Gasteiger partial charge in [0.1, 0.15) is 6.29 Å². The van der Waals surface area contributed by atoms with Gasteiger partial charge in [-0.15, -0.1) is 0 Å². The van der Waals surface area contributed by atoms with Crippen molar-refractivity contribution in [2.45, 2.75) is 13.8 Å². The first-order chi connectivity index (χ1) is 5.64. The Balaban J connectivity index is 2.33. The summed E-state index contributed by atoms with van der Waals surface area (Å²) in [5.41, 5.74) is -0.183. The van der Waals surface area contributed by atoms with E-state index >= 15 is 0 Å². The van der Waals surface area contributed by atoms with E-state index in [0.29, 0.717) is 0 Å². The van der Waals surface area contributed by atoms with Crippen LogP contribution in [-0.4, -0.2) is 43.9 Å². The summed E-state index contributed by atoms with van der Waals surface area (Å²) in [6.07, 6.45) is 1.05. The minimum absolute atomic E-state index is 0.183. The predicted octanol–water partition coefficient (Wildman–Crippen LogP) is 0.117. The van der Waals surface area contributed by atoms with Crippen LogP contribution in [0.5, 0.6) is 0 Å². The molecule has 1 N–H and O–H groups in total. The zero-order valence-electron chi connectivity index (χ0n) is 7.97. The summed E-state index contributed by atoms with van der Waals surface area (Å²) in [7, 11) is 0. The SMILES string of the molecule is CC(C)(C=O)CN1CCNCC1. The Morgan fingerprint density at radius 3 is 2.50 bits per heavy atom. The number of rotatable bonds is 3. The van der Waals surface area contributed by atoms with E-state index in [2.05, 4.69) is 10.2 Å². The molecule has 0 spiro atoms. The van der Waals surface area contributed by atoms with Crippen molar-refractivity contribution < 1.29 is 4.79 Å². The van der Waals surface area contributed by atoms with Crippen molar-refractivity contribution in [1.82, 2.24) is 10.2 Å². The Morgan fingerprint density at radius 2 is 2.00 bits per heavy atom. The molecule has 0 aliphatic carbocycles. The summed E-state index contributed by atoms with van der Waals surface area (Å²) < 4.78 is 0. The van der Waals surface area contributed by atoms with Gasteiger partial charge in [0, 0.05) is 38.1 Å². The van der Waals surface area contributed by atoms with E-state index < -0.39 is 0 Å². The van der Waals surface area contributed by atoms with E-state index in [1.54, 1.807) is 0 Å². The molecule has 0 unspecified atom stereocenters. The highest BCUT2D eigenvalue weighted by Crippen LogP contribution is 2.13. The molecule has 0 aromatic carbocycles. The highest BCUT2D eigenvalue weighted by molar-refractivity contribution is 5.58. The number of carbonyl (C=O) groups is 1. The van der Waals surface area contributed by atoms with Gasteiger partial charge in [-0.3, -0.25) is 4.90 Å². The zero-order valence-corrected chi connectivity index (χ0v) is 7.97. The molecule has 1 aliphatic rings. The van der Waals surface area contributed by atoms with Crippen LogP contribution >= 0.6 is 0 Å². The molecule has 0 aromatic rings. The normalized spacial score (nSPS) is 20.8. The van der Waals surface area contributed by atoms with Crippen molar-refractivity contribution >= 4 is 6.29 Å². The lowest BCUT2D eigenvalue weighted by molar-refractivity contribution is -0.115. The van der Waals surface area contributed by atoms with E-state index in [1.165, 1.54) is 0 Å². The standard InChI is InChI=1S/C9H18N2O/c1-9(2,8-12)7-11-5-3-10-4-6-11/h8,10H,3-7H2,1-2H3. The lowest BCUT2D eigenvalue weighted by Crippen LogP contribution is -2.47. The summed E-state index contributed by atoms with van der Waals surface area (Å²) in [6.45, 7) is 9.10.